The number of methoxy groups -OCH3 is 2. The van der Waals surface area contributed by atoms with Crippen LogP contribution in [0.2, 0.25) is 0 Å². The average molecular weight is 571 g/mol. The van der Waals surface area contributed by atoms with Crippen molar-refractivity contribution in [1.29, 1.82) is 0 Å². The molecule has 0 radical (unpaired) electrons. The van der Waals surface area contributed by atoms with Gasteiger partial charge in [-0.15, -0.1) is 0 Å². The standard InChI is InChI=1S/C27H30N4O6S2/c1-18-16-28-21(19(2)25(18)36-4)17-38(32)27-29-24-22(31(27)30-12-14-37-15-13-30)10-11-23(35-3)26(24)39(33,34)20-8-6-5-7-9-20/h5-11,16H,12-15,17H2,1-4H3. The van der Waals surface area contributed by atoms with E-state index in [1.54, 1.807) is 48.3 Å². The molecule has 0 N–H and O–H groups in total. The number of ether oxygens (including phenoxy) is 3. The minimum Gasteiger partial charge on any atom is -0.496 e. The monoisotopic (exact) mass is 570 g/mol. The molecule has 2 aromatic heterocycles. The Morgan fingerprint density at radius 3 is 2.41 bits per heavy atom. The van der Waals surface area contributed by atoms with Gasteiger partial charge >= 0.3 is 0 Å². The van der Waals surface area contributed by atoms with E-state index >= 15 is 0 Å². The Kier molecular flexibility index (Phi) is 7.61. The third kappa shape index (κ3) is 4.88. The number of aromatic nitrogens is 3. The molecule has 206 valence electrons. The van der Waals surface area contributed by atoms with Crippen LogP contribution in [0.3, 0.4) is 0 Å². The fourth-order valence-corrected chi connectivity index (χ4v) is 7.63. The summed E-state index contributed by atoms with van der Waals surface area (Å²) in [5.41, 5.74) is 3.01. The smallest absolute Gasteiger partial charge is 0.219 e. The van der Waals surface area contributed by atoms with Gasteiger partial charge in [0.25, 0.3) is 0 Å². The second-order valence-electron chi connectivity index (χ2n) is 9.09. The lowest BCUT2D eigenvalue weighted by molar-refractivity contribution is 0.110. The van der Waals surface area contributed by atoms with Crippen LogP contribution in [0, 0.1) is 13.8 Å². The number of rotatable bonds is 8. The summed E-state index contributed by atoms with van der Waals surface area (Å²) in [6.07, 6.45) is 1.69. The van der Waals surface area contributed by atoms with Crippen LogP contribution in [0.4, 0.5) is 0 Å². The first kappa shape index (κ1) is 27.1. The number of aryl methyl sites for hydroxylation is 1. The normalized spacial score (nSPS) is 14.9. The van der Waals surface area contributed by atoms with Crippen LogP contribution >= 0.6 is 0 Å². The molecule has 1 aliphatic heterocycles. The van der Waals surface area contributed by atoms with Crippen molar-refractivity contribution in [3.05, 3.63) is 65.5 Å². The van der Waals surface area contributed by atoms with E-state index in [0.717, 1.165) is 11.1 Å². The van der Waals surface area contributed by atoms with Gasteiger partial charge in [0.15, 0.2) is 0 Å². The number of pyridine rings is 1. The zero-order valence-electron chi connectivity index (χ0n) is 22.2. The molecule has 5 rings (SSSR count). The Bertz CT molecular complexity index is 1650. The number of nitrogens with zero attached hydrogens (tertiary/aromatic N) is 4. The first-order valence-corrected chi connectivity index (χ1v) is 15.2. The van der Waals surface area contributed by atoms with E-state index in [1.165, 1.54) is 19.2 Å². The van der Waals surface area contributed by atoms with Crippen molar-refractivity contribution in [3.63, 3.8) is 0 Å². The number of hydrogen-bond acceptors (Lipinski definition) is 9. The summed E-state index contributed by atoms with van der Waals surface area (Å²) < 4.78 is 60.1. The topological polar surface area (TPSA) is 113 Å². The summed E-state index contributed by atoms with van der Waals surface area (Å²) in [6, 6.07) is 11.5. The van der Waals surface area contributed by atoms with Gasteiger partial charge in [-0.1, -0.05) is 18.2 Å². The van der Waals surface area contributed by atoms with Crippen LogP contribution in [0.5, 0.6) is 11.5 Å². The number of benzene rings is 2. The highest BCUT2D eigenvalue weighted by Crippen LogP contribution is 2.37. The van der Waals surface area contributed by atoms with Crippen molar-refractivity contribution in [2.45, 2.75) is 34.5 Å². The zero-order chi connectivity index (χ0) is 27.7. The summed E-state index contributed by atoms with van der Waals surface area (Å²) in [4.78, 5) is 9.30. The van der Waals surface area contributed by atoms with Gasteiger partial charge in [-0.3, -0.25) is 9.19 Å². The first-order chi connectivity index (χ1) is 18.8. The van der Waals surface area contributed by atoms with E-state index in [1.807, 2.05) is 18.9 Å². The van der Waals surface area contributed by atoms with Gasteiger partial charge in [-0.25, -0.2) is 18.1 Å². The number of hydrogen-bond donors (Lipinski definition) is 0. The number of morpholine rings is 1. The SMILES string of the molecule is COc1ccc2c(nc(S(=O)Cc3ncc(C)c(OC)c3C)n2N2CCOCC2)c1S(=O)(=O)c1ccccc1. The lowest BCUT2D eigenvalue weighted by Crippen LogP contribution is -2.44. The minimum absolute atomic E-state index is 0.0646. The Labute approximate surface area is 229 Å². The van der Waals surface area contributed by atoms with Gasteiger partial charge in [0.2, 0.25) is 15.0 Å². The fraction of sp³-hybridized carbons (Fsp3) is 0.333. The van der Waals surface area contributed by atoms with Gasteiger partial charge in [-0.2, -0.15) is 0 Å². The summed E-state index contributed by atoms with van der Waals surface area (Å²) in [7, 11) is -2.69. The molecule has 1 fully saturated rings. The molecule has 0 saturated carbocycles. The summed E-state index contributed by atoms with van der Waals surface area (Å²) in [5.74, 6) is 0.935. The van der Waals surface area contributed by atoms with Crippen LogP contribution < -0.4 is 14.5 Å². The highest BCUT2D eigenvalue weighted by molar-refractivity contribution is 7.91. The van der Waals surface area contributed by atoms with Crippen molar-refractivity contribution in [2.24, 2.45) is 0 Å². The fourth-order valence-electron chi connectivity index (χ4n) is 4.78. The number of sulfone groups is 1. The lowest BCUT2D eigenvalue weighted by atomic mass is 10.1. The van der Waals surface area contributed by atoms with Crippen molar-refractivity contribution < 1.29 is 26.8 Å². The van der Waals surface area contributed by atoms with Crippen LogP contribution in [-0.4, -0.2) is 67.8 Å². The highest BCUT2D eigenvalue weighted by atomic mass is 32.2. The third-order valence-electron chi connectivity index (χ3n) is 6.72. The summed E-state index contributed by atoms with van der Waals surface area (Å²) in [5, 5.41) is 2.21. The average Bonchev–Trinajstić information content (AvgIpc) is 3.35. The third-order valence-corrected chi connectivity index (χ3v) is 9.76. The van der Waals surface area contributed by atoms with E-state index < -0.39 is 20.6 Å². The van der Waals surface area contributed by atoms with Crippen LogP contribution in [0.15, 0.2) is 63.6 Å². The predicted octanol–water partition coefficient (Wildman–Crippen LogP) is 3.17. The van der Waals surface area contributed by atoms with Crippen molar-refractivity contribution in [2.75, 3.05) is 45.5 Å². The Balaban J connectivity index is 1.71. The molecule has 0 aliphatic carbocycles. The number of fused-ring (bicyclic) bond motifs is 1. The maximum atomic E-state index is 14.0. The molecule has 4 aromatic rings. The quantitative estimate of drug-likeness (QED) is 0.315. The molecule has 3 heterocycles. The van der Waals surface area contributed by atoms with Crippen molar-refractivity contribution in [1.82, 2.24) is 14.6 Å². The summed E-state index contributed by atoms with van der Waals surface area (Å²) in [6.45, 7) is 5.79. The van der Waals surface area contributed by atoms with Crippen molar-refractivity contribution in [3.8, 4) is 11.5 Å². The predicted molar refractivity (Wildman–Crippen MR) is 147 cm³/mol. The molecular weight excluding hydrogens is 540 g/mol. The molecule has 1 aliphatic rings. The highest BCUT2D eigenvalue weighted by Gasteiger charge is 2.31. The molecule has 0 amide bonds. The minimum atomic E-state index is -4.02. The first-order valence-electron chi connectivity index (χ1n) is 12.4. The van der Waals surface area contributed by atoms with Gasteiger partial charge in [0, 0.05) is 17.3 Å². The van der Waals surface area contributed by atoms with Crippen molar-refractivity contribution >= 4 is 31.7 Å². The molecule has 1 unspecified atom stereocenters. The molecule has 39 heavy (non-hydrogen) atoms. The maximum Gasteiger partial charge on any atom is 0.219 e. The van der Waals surface area contributed by atoms with Gasteiger partial charge < -0.3 is 19.2 Å². The van der Waals surface area contributed by atoms with Crippen LogP contribution in [-0.2, 0) is 31.1 Å². The lowest BCUT2D eigenvalue weighted by Gasteiger charge is -2.31. The molecule has 0 spiro atoms. The molecule has 1 atom stereocenters. The van der Waals surface area contributed by atoms with E-state index in [4.69, 9.17) is 19.2 Å². The molecule has 1 saturated heterocycles. The number of imidazole rings is 1. The Hall–Kier alpha value is -3.48. The van der Waals surface area contributed by atoms with Gasteiger partial charge in [0.1, 0.15) is 21.9 Å². The van der Waals surface area contributed by atoms with E-state index in [0.29, 0.717) is 43.3 Å². The molecule has 10 nitrogen and oxygen atoms in total. The zero-order valence-corrected chi connectivity index (χ0v) is 23.8. The van der Waals surface area contributed by atoms with E-state index in [2.05, 4.69) is 4.98 Å². The molecule has 2 aromatic carbocycles. The largest absolute Gasteiger partial charge is 0.496 e. The van der Waals surface area contributed by atoms with Crippen LogP contribution in [0.25, 0.3) is 11.0 Å². The van der Waals surface area contributed by atoms with E-state index in [9.17, 15) is 12.6 Å². The van der Waals surface area contributed by atoms with Gasteiger partial charge in [-0.05, 0) is 38.1 Å². The van der Waals surface area contributed by atoms with Gasteiger partial charge in [0.05, 0.1) is 73.2 Å². The summed E-state index contributed by atoms with van der Waals surface area (Å²) >= 11 is 0. The Morgan fingerprint density at radius 1 is 1.03 bits per heavy atom. The second-order valence-corrected chi connectivity index (χ2v) is 12.3. The Morgan fingerprint density at radius 2 is 1.74 bits per heavy atom. The maximum absolute atomic E-state index is 14.0. The van der Waals surface area contributed by atoms with Crippen LogP contribution in [0.1, 0.15) is 16.8 Å². The molecule has 0 bridgehead atoms. The molecular formula is C27H30N4O6S2. The second kappa shape index (κ2) is 10.9. The molecule has 12 heteroatoms. The van der Waals surface area contributed by atoms with E-state index in [-0.39, 0.29) is 32.0 Å².